The number of nitrogens with one attached hydrogen (secondary N) is 1. The van der Waals surface area contributed by atoms with E-state index in [9.17, 15) is 19.5 Å². The molecule has 0 aliphatic carbocycles. The van der Waals surface area contributed by atoms with Crippen molar-refractivity contribution in [2.24, 2.45) is 0 Å². The van der Waals surface area contributed by atoms with Crippen molar-refractivity contribution in [3.05, 3.63) is 56.3 Å². The highest BCUT2D eigenvalue weighted by Gasteiger charge is 2.39. The number of carboxylic acids is 1. The van der Waals surface area contributed by atoms with Crippen molar-refractivity contribution in [3.8, 4) is 0 Å². The zero-order valence-electron chi connectivity index (χ0n) is 16.4. The van der Waals surface area contributed by atoms with Crippen molar-refractivity contribution in [2.75, 3.05) is 26.2 Å². The van der Waals surface area contributed by atoms with Crippen LogP contribution in [0.5, 0.6) is 0 Å². The number of amides is 2. The summed E-state index contributed by atoms with van der Waals surface area (Å²) in [4.78, 5) is 39.5. The van der Waals surface area contributed by atoms with Gasteiger partial charge < -0.3 is 25.3 Å². The number of piperazine rings is 1. The Bertz CT molecular complexity index is 960. The Labute approximate surface area is 183 Å². The summed E-state index contributed by atoms with van der Waals surface area (Å²) in [6.07, 6.45) is -1.03. The number of halogens is 2. The Morgan fingerprint density at radius 1 is 0.900 bits per heavy atom. The third-order valence-electron chi connectivity index (χ3n) is 5.28. The standard InChI is InChI=1S/C20H21Cl2N3O5/c1-10-15(18(26)24-3-5-25(6-4-24)20(29)30)17(16(19(27)28)11(2)23-10)12-7-13(21)9-14(22)8-12/h7-9,17,23H,3-6H2,1-2H3,(H,27,28)(H,29,30). The van der Waals surface area contributed by atoms with Crippen LogP contribution in [0.4, 0.5) is 4.79 Å². The lowest BCUT2D eigenvalue weighted by Gasteiger charge is -2.37. The van der Waals surface area contributed by atoms with Gasteiger partial charge in [0.1, 0.15) is 0 Å². The molecular weight excluding hydrogens is 433 g/mol. The summed E-state index contributed by atoms with van der Waals surface area (Å²) in [5.74, 6) is -2.38. The van der Waals surface area contributed by atoms with Crippen molar-refractivity contribution in [3.63, 3.8) is 0 Å². The van der Waals surface area contributed by atoms with Gasteiger partial charge in [-0.1, -0.05) is 23.2 Å². The van der Waals surface area contributed by atoms with Crippen molar-refractivity contribution in [1.29, 1.82) is 0 Å². The molecule has 2 heterocycles. The predicted molar refractivity (Wildman–Crippen MR) is 112 cm³/mol. The topological polar surface area (TPSA) is 110 Å². The molecule has 10 heteroatoms. The third-order valence-corrected chi connectivity index (χ3v) is 5.71. The molecule has 3 rings (SSSR count). The minimum absolute atomic E-state index is 0.0338. The van der Waals surface area contributed by atoms with E-state index in [1.165, 1.54) is 11.0 Å². The molecule has 2 amide bonds. The number of nitrogens with zero attached hydrogens (tertiary/aromatic N) is 2. The minimum atomic E-state index is -1.16. The second-order valence-corrected chi connectivity index (χ2v) is 8.08. The smallest absolute Gasteiger partial charge is 0.407 e. The van der Waals surface area contributed by atoms with E-state index in [-0.39, 0.29) is 43.2 Å². The number of carboxylic acid groups (broad SMARTS) is 2. The summed E-state index contributed by atoms with van der Waals surface area (Å²) in [6, 6.07) is 4.74. The van der Waals surface area contributed by atoms with Crippen LogP contribution in [0.15, 0.2) is 40.7 Å². The maximum absolute atomic E-state index is 13.4. The number of benzene rings is 1. The second kappa shape index (κ2) is 8.57. The van der Waals surface area contributed by atoms with Gasteiger partial charge in [0.25, 0.3) is 5.91 Å². The number of hydrogen-bond acceptors (Lipinski definition) is 4. The van der Waals surface area contributed by atoms with E-state index in [1.54, 1.807) is 30.9 Å². The lowest BCUT2D eigenvalue weighted by molar-refractivity contribution is -0.133. The summed E-state index contributed by atoms with van der Waals surface area (Å²) in [5.41, 5.74) is 1.77. The molecule has 0 radical (unpaired) electrons. The number of carbonyl (C=O) groups excluding carboxylic acids is 1. The average molecular weight is 454 g/mol. The molecule has 1 aromatic rings. The molecule has 2 aliphatic rings. The number of rotatable bonds is 3. The first-order valence-corrected chi connectivity index (χ1v) is 10.0. The van der Waals surface area contributed by atoms with Gasteiger partial charge in [-0.25, -0.2) is 9.59 Å². The fourth-order valence-corrected chi connectivity index (χ4v) is 4.45. The Balaban J connectivity index is 2.04. The highest BCUT2D eigenvalue weighted by atomic mass is 35.5. The van der Waals surface area contributed by atoms with Gasteiger partial charge in [0, 0.05) is 53.2 Å². The van der Waals surface area contributed by atoms with Crippen molar-refractivity contribution < 1.29 is 24.6 Å². The summed E-state index contributed by atoms with van der Waals surface area (Å²) < 4.78 is 0. The van der Waals surface area contributed by atoms with Crippen LogP contribution >= 0.6 is 23.2 Å². The quantitative estimate of drug-likeness (QED) is 0.648. The lowest BCUT2D eigenvalue weighted by atomic mass is 9.79. The molecule has 3 N–H and O–H groups in total. The van der Waals surface area contributed by atoms with E-state index < -0.39 is 18.0 Å². The van der Waals surface area contributed by atoms with E-state index in [0.717, 1.165) is 0 Å². The van der Waals surface area contributed by atoms with Crippen LogP contribution < -0.4 is 5.32 Å². The van der Waals surface area contributed by atoms with Crippen LogP contribution in [0.25, 0.3) is 0 Å². The largest absolute Gasteiger partial charge is 0.478 e. The molecule has 0 aromatic heterocycles. The fourth-order valence-electron chi connectivity index (χ4n) is 3.91. The Morgan fingerprint density at radius 3 is 1.90 bits per heavy atom. The molecule has 1 saturated heterocycles. The fraction of sp³-hybridized carbons (Fsp3) is 0.350. The molecule has 2 aliphatic heterocycles. The number of carbonyl (C=O) groups is 3. The van der Waals surface area contributed by atoms with Crippen LogP contribution in [-0.4, -0.2) is 64.2 Å². The molecule has 1 fully saturated rings. The zero-order chi connectivity index (χ0) is 22.2. The van der Waals surface area contributed by atoms with Gasteiger partial charge in [-0.05, 0) is 37.6 Å². The zero-order valence-corrected chi connectivity index (χ0v) is 17.9. The average Bonchev–Trinajstić information content (AvgIpc) is 2.65. The molecule has 0 bridgehead atoms. The number of allylic oxidation sites excluding steroid dienone is 2. The Kier molecular flexibility index (Phi) is 6.28. The third kappa shape index (κ3) is 4.24. The first-order valence-electron chi connectivity index (χ1n) is 9.25. The van der Waals surface area contributed by atoms with Crippen molar-refractivity contribution >= 4 is 41.2 Å². The van der Waals surface area contributed by atoms with Crippen LogP contribution in [0.3, 0.4) is 0 Å². The molecule has 0 saturated carbocycles. The molecule has 1 aromatic carbocycles. The van der Waals surface area contributed by atoms with Gasteiger partial charge >= 0.3 is 12.1 Å². The molecular formula is C20H21Cl2N3O5. The second-order valence-electron chi connectivity index (χ2n) is 7.21. The monoisotopic (exact) mass is 453 g/mol. The molecule has 160 valence electrons. The van der Waals surface area contributed by atoms with Crippen LogP contribution in [0.1, 0.15) is 25.3 Å². The van der Waals surface area contributed by atoms with Crippen molar-refractivity contribution in [1.82, 2.24) is 15.1 Å². The summed E-state index contributed by atoms with van der Waals surface area (Å²) in [6.45, 7) is 4.16. The van der Waals surface area contributed by atoms with Gasteiger partial charge in [0.15, 0.2) is 0 Å². The van der Waals surface area contributed by atoms with E-state index in [0.29, 0.717) is 27.0 Å². The Morgan fingerprint density at radius 2 is 1.40 bits per heavy atom. The predicted octanol–water partition coefficient (Wildman–Crippen LogP) is 3.14. The normalized spacial score (nSPS) is 19.7. The molecule has 8 nitrogen and oxygen atoms in total. The van der Waals surface area contributed by atoms with E-state index >= 15 is 0 Å². The van der Waals surface area contributed by atoms with Gasteiger partial charge in [-0.2, -0.15) is 0 Å². The van der Waals surface area contributed by atoms with Crippen molar-refractivity contribution in [2.45, 2.75) is 19.8 Å². The Hall–Kier alpha value is -2.71. The highest BCUT2D eigenvalue weighted by Crippen LogP contribution is 2.40. The van der Waals surface area contributed by atoms with Gasteiger partial charge in [0.05, 0.1) is 11.5 Å². The van der Waals surface area contributed by atoms with Gasteiger partial charge in [-0.3, -0.25) is 4.79 Å². The maximum atomic E-state index is 13.4. The summed E-state index contributed by atoms with van der Waals surface area (Å²) in [7, 11) is 0. The van der Waals surface area contributed by atoms with Crippen LogP contribution in [0, 0.1) is 0 Å². The minimum Gasteiger partial charge on any atom is -0.478 e. The highest BCUT2D eigenvalue weighted by molar-refractivity contribution is 6.34. The molecule has 1 atom stereocenters. The van der Waals surface area contributed by atoms with E-state index in [1.807, 2.05) is 0 Å². The molecule has 30 heavy (non-hydrogen) atoms. The molecule has 0 spiro atoms. The number of dihydropyridines is 1. The molecule has 1 unspecified atom stereocenters. The van der Waals surface area contributed by atoms with Gasteiger partial charge in [0.2, 0.25) is 0 Å². The number of hydrogen-bond donors (Lipinski definition) is 3. The van der Waals surface area contributed by atoms with Gasteiger partial charge in [-0.15, -0.1) is 0 Å². The van der Waals surface area contributed by atoms with Crippen LogP contribution in [0.2, 0.25) is 10.0 Å². The lowest BCUT2D eigenvalue weighted by Crippen LogP contribution is -2.51. The van der Waals surface area contributed by atoms with Crippen LogP contribution in [-0.2, 0) is 9.59 Å². The van der Waals surface area contributed by atoms with E-state index in [2.05, 4.69) is 5.32 Å². The first kappa shape index (κ1) is 22.0. The number of aliphatic carboxylic acids is 1. The first-order chi connectivity index (χ1) is 14.1. The van der Waals surface area contributed by atoms with E-state index in [4.69, 9.17) is 28.3 Å². The maximum Gasteiger partial charge on any atom is 0.407 e. The SMILES string of the molecule is CC1=C(C(=O)O)C(c2cc(Cl)cc(Cl)c2)C(C(=O)N2CCN(C(=O)O)CC2)=C(C)N1. The summed E-state index contributed by atoms with van der Waals surface area (Å²) >= 11 is 12.3. The summed E-state index contributed by atoms with van der Waals surface area (Å²) in [5, 5.41) is 22.7.